The van der Waals surface area contributed by atoms with Crippen LogP contribution in [0.5, 0.6) is 0 Å². The summed E-state index contributed by atoms with van der Waals surface area (Å²) in [7, 11) is 0. The fraction of sp³-hybridized carbons (Fsp3) is 0.800. The van der Waals surface area contributed by atoms with Crippen LogP contribution >= 0.6 is 0 Å². The lowest BCUT2D eigenvalue weighted by molar-refractivity contribution is 0.341. The van der Waals surface area contributed by atoms with Crippen LogP contribution in [0.2, 0.25) is 0 Å². The van der Waals surface area contributed by atoms with Crippen LogP contribution in [0.4, 0.5) is 5.82 Å². The molecule has 0 bridgehead atoms. The van der Waals surface area contributed by atoms with E-state index in [-0.39, 0.29) is 0 Å². The third kappa shape index (κ3) is 2.40. The zero-order chi connectivity index (χ0) is 13.3. The van der Waals surface area contributed by atoms with Crippen molar-refractivity contribution in [1.29, 1.82) is 0 Å². The Labute approximate surface area is 111 Å². The molecular formula is C15H27N3. The van der Waals surface area contributed by atoms with E-state index < -0.39 is 0 Å². The van der Waals surface area contributed by atoms with Crippen molar-refractivity contribution in [3.05, 3.63) is 11.5 Å². The topological polar surface area (TPSA) is 43.8 Å². The van der Waals surface area contributed by atoms with Gasteiger partial charge in [0.05, 0.1) is 5.69 Å². The molecule has 1 aliphatic carbocycles. The SMILES string of the molecule is CCc1nc(C2CCCC(C)C2)c(N)n1C(C)C. The molecule has 2 rings (SSSR count). The molecule has 1 saturated carbocycles. The molecule has 1 fully saturated rings. The van der Waals surface area contributed by atoms with Crippen molar-refractivity contribution in [3.63, 3.8) is 0 Å². The lowest BCUT2D eigenvalue weighted by atomic mass is 9.81. The summed E-state index contributed by atoms with van der Waals surface area (Å²) in [4.78, 5) is 4.85. The van der Waals surface area contributed by atoms with Crippen molar-refractivity contribution in [1.82, 2.24) is 9.55 Å². The molecule has 1 heterocycles. The van der Waals surface area contributed by atoms with Crippen LogP contribution in [0.15, 0.2) is 0 Å². The van der Waals surface area contributed by atoms with E-state index in [2.05, 4.69) is 32.3 Å². The van der Waals surface area contributed by atoms with Gasteiger partial charge in [0.25, 0.3) is 0 Å². The number of hydrogen-bond donors (Lipinski definition) is 1. The van der Waals surface area contributed by atoms with Gasteiger partial charge >= 0.3 is 0 Å². The molecule has 1 aromatic rings. The molecule has 2 atom stereocenters. The quantitative estimate of drug-likeness (QED) is 0.882. The molecule has 0 aliphatic heterocycles. The summed E-state index contributed by atoms with van der Waals surface area (Å²) < 4.78 is 2.22. The molecule has 102 valence electrons. The van der Waals surface area contributed by atoms with Gasteiger partial charge in [0, 0.05) is 18.4 Å². The van der Waals surface area contributed by atoms with Gasteiger partial charge in [0.1, 0.15) is 11.6 Å². The molecule has 1 aliphatic rings. The largest absolute Gasteiger partial charge is 0.384 e. The van der Waals surface area contributed by atoms with Gasteiger partial charge in [0.2, 0.25) is 0 Å². The molecule has 18 heavy (non-hydrogen) atoms. The summed E-state index contributed by atoms with van der Waals surface area (Å²) in [6.45, 7) is 8.88. The Balaban J connectivity index is 2.33. The van der Waals surface area contributed by atoms with E-state index in [9.17, 15) is 0 Å². The number of imidazole rings is 1. The fourth-order valence-corrected chi connectivity index (χ4v) is 3.32. The van der Waals surface area contributed by atoms with E-state index in [0.29, 0.717) is 12.0 Å². The zero-order valence-corrected chi connectivity index (χ0v) is 12.2. The first-order valence-electron chi connectivity index (χ1n) is 7.41. The van der Waals surface area contributed by atoms with Gasteiger partial charge in [-0.3, -0.25) is 0 Å². The number of hydrogen-bond acceptors (Lipinski definition) is 2. The molecule has 1 aromatic heterocycles. The Hall–Kier alpha value is -0.990. The lowest BCUT2D eigenvalue weighted by Crippen LogP contribution is -2.14. The Bertz CT molecular complexity index is 406. The predicted octanol–water partition coefficient (Wildman–Crippen LogP) is 3.90. The maximum absolute atomic E-state index is 6.36. The second-order valence-electron chi connectivity index (χ2n) is 6.08. The lowest BCUT2D eigenvalue weighted by Gasteiger charge is -2.26. The first-order chi connectivity index (χ1) is 8.54. The summed E-state index contributed by atoms with van der Waals surface area (Å²) in [5, 5.41) is 0. The number of nitrogens with two attached hydrogens (primary N) is 1. The van der Waals surface area contributed by atoms with E-state index in [1.54, 1.807) is 0 Å². The number of aryl methyl sites for hydroxylation is 1. The third-order valence-corrected chi connectivity index (χ3v) is 4.21. The van der Waals surface area contributed by atoms with Crippen molar-refractivity contribution in [2.75, 3.05) is 5.73 Å². The summed E-state index contributed by atoms with van der Waals surface area (Å²) in [5.41, 5.74) is 7.53. The van der Waals surface area contributed by atoms with Crippen LogP contribution in [0.1, 0.15) is 76.9 Å². The number of nitrogen functional groups attached to an aromatic ring is 1. The van der Waals surface area contributed by atoms with Gasteiger partial charge in [-0.1, -0.05) is 26.7 Å². The number of anilines is 1. The Morgan fingerprint density at radius 2 is 2.11 bits per heavy atom. The summed E-state index contributed by atoms with van der Waals surface area (Å²) in [6, 6.07) is 0.405. The monoisotopic (exact) mass is 249 g/mol. The van der Waals surface area contributed by atoms with Gasteiger partial charge in [-0.05, 0) is 32.6 Å². The molecule has 0 aromatic carbocycles. The van der Waals surface area contributed by atoms with E-state index in [0.717, 1.165) is 24.0 Å². The molecule has 3 nitrogen and oxygen atoms in total. The van der Waals surface area contributed by atoms with Crippen molar-refractivity contribution in [2.45, 2.75) is 71.8 Å². The van der Waals surface area contributed by atoms with Gasteiger partial charge < -0.3 is 10.3 Å². The Morgan fingerprint density at radius 1 is 1.39 bits per heavy atom. The Morgan fingerprint density at radius 3 is 2.61 bits per heavy atom. The van der Waals surface area contributed by atoms with Crippen molar-refractivity contribution in [3.8, 4) is 0 Å². The molecule has 0 amide bonds. The number of aromatic nitrogens is 2. The molecule has 2 N–H and O–H groups in total. The highest BCUT2D eigenvalue weighted by atomic mass is 15.2. The number of rotatable bonds is 3. The molecule has 0 saturated heterocycles. The average Bonchev–Trinajstić information content (AvgIpc) is 2.66. The second kappa shape index (κ2) is 5.33. The normalized spacial score (nSPS) is 24.7. The molecule has 2 unspecified atom stereocenters. The van der Waals surface area contributed by atoms with Crippen molar-refractivity contribution >= 4 is 5.82 Å². The maximum atomic E-state index is 6.36. The summed E-state index contributed by atoms with van der Waals surface area (Å²) in [5.74, 6) is 3.47. The highest BCUT2D eigenvalue weighted by Crippen LogP contribution is 2.38. The van der Waals surface area contributed by atoms with Gasteiger partial charge in [-0.25, -0.2) is 4.98 Å². The van der Waals surface area contributed by atoms with Gasteiger partial charge in [-0.15, -0.1) is 0 Å². The van der Waals surface area contributed by atoms with Crippen LogP contribution in [-0.4, -0.2) is 9.55 Å². The van der Waals surface area contributed by atoms with Crippen LogP contribution in [-0.2, 0) is 6.42 Å². The molecule has 3 heteroatoms. The zero-order valence-electron chi connectivity index (χ0n) is 12.2. The number of nitrogens with zero attached hydrogens (tertiary/aromatic N) is 2. The second-order valence-corrected chi connectivity index (χ2v) is 6.08. The molecular weight excluding hydrogens is 222 g/mol. The van der Waals surface area contributed by atoms with E-state index in [1.165, 1.54) is 31.4 Å². The van der Waals surface area contributed by atoms with E-state index in [4.69, 9.17) is 10.7 Å². The highest BCUT2D eigenvalue weighted by Gasteiger charge is 2.26. The van der Waals surface area contributed by atoms with Crippen molar-refractivity contribution < 1.29 is 0 Å². The van der Waals surface area contributed by atoms with Crippen LogP contribution in [0.3, 0.4) is 0 Å². The highest BCUT2D eigenvalue weighted by molar-refractivity contribution is 5.41. The first-order valence-corrected chi connectivity index (χ1v) is 7.41. The van der Waals surface area contributed by atoms with Gasteiger partial charge in [0.15, 0.2) is 0 Å². The summed E-state index contributed by atoms with van der Waals surface area (Å²) >= 11 is 0. The average molecular weight is 249 g/mol. The smallest absolute Gasteiger partial charge is 0.127 e. The summed E-state index contributed by atoms with van der Waals surface area (Å²) in [6.07, 6.45) is 6.16. The molecule has 0 radical (unpaired) electrons. The van der Waals surface area contributed by atoms with Crippen LogP contribution in [0.25, 0.3) is 0 Å². The minimum absolute atomic E-state index is 0.405. The van der Waals surface area contributed by atoms with Crippen LogP contribution in [0, 0.1) is 5.92 Å². The Kier molecular flexibility index (Phi) is 3.98. The van der Waals surface area contributed by atoms with Gasteiger partial charge in [-0.2, -0.15) is 0 Å². The molecule has 0 spiro atoms. The maximum Gasteiger partial charge on any atom is 0.127 e. The van der Waals surface area contributed by atoms with E-state index in [1.807, 2.05) is 0 Å². The van der Waals surface area contributed by atoms with E-state index >= 15 is 0 Å². The van der Waals surface area contributed by atoms with Crippen LogP contribution < -0.4 is 5.73 Å². The predicted molar refractivity (Wildman–Crippen MR) is 76.8 cm³/mol. The minimum Gasteiger partial charge on any atom is -0.384 e. The fourth-order valence-electron chi connectivity index (χ4n) is 3.32. The van der Waals surface area contributed by atoms with Crippen molar-refractivity contribution in [2.24, 2.45) is 5.92 Å². The first kappa shape index (κ1) is 13.4. The minimum atomic E-state index is 0.405. The standard InChI is InChI=1S/C15H27N3/c1-5-13-17-14(15(16)18(13)10(2)3)12-8-6-7-11(4)9-12/h10-12H,5-9,16H2,1-4H3. The third-order valence-electron chi connectivity index (χ3n) is 4.21.